The number of benzene rings is 3. The molecule has 3 aromatic carbocycles. The quantitative estimate of drug-likeness (QED) is 0.514. The zero-order valence-electron chi connectivity index (χ0n) is 17.2. The Morgan fingerprint density at radius 1 is 0.767 bits per heavy atom. The van der Waals surface area contributed by atoms with Gasteiger partial charge in [0.2, 0.25) is 0 Å². The van der Waals surface area contributed by atoms with Crippen molar-refractivity contribution in [2.75, 3.05) is 17.2 Å². The lowest BCUT2D eigenvalue weighted by atomic mass is 10.1. The number of carbonyl (C=O) groups is 2. The maximum atomic E-state index is 12.5. The predicted molar refractivity (Wildman–Crippen MR) is 120 cm³/mol. The second-order valence-electron chi connectivity index (χ2n) is 7.41. The van der Waals surface area contributed by atoms with Crippen LogP contribution < -0.4 is 15.4 Å². The van der Waals surface area contributed by atoms with E-state index in [0.29, 0.717) is 35.0 Å². The van der Waals surface area contributed by atoms with Gasteiger partial charge in [-0.1, -0.05) is 38.1 Å². The molecule has 0 heterocycles. The van der Waals surface area contributed by atoms with E-state index in [-0.39, 0.29) is 11.8 Å². The number of carbonyl (C=O) groups excluding carboxylic acids is 2. The van der Waals surface area contributed by atoms with E-state index in [1.807, 2.05) is 30.3 Å². The first-order chi connectivity index (χ1) is 14.5. The van der Waals surface area contributed by atoms with Crippen LogP contribution in [0.5, 0.6) is 5.75 Å². The molecule has 0 aliphatic heterocycles. The van der Waals surface area contributed by atoms with Crippen LogP contribution >= 0.6 is 0 Å². The van der Waals surface area contributed by atoms with Gasteiger partial charge < -0.3 is 15.4 Å². The van der Waals surface area contributed by atoms with Crippen molar-refractivity contribution in [3.05, 3.63) is 90.0 Å². The number of hydrogen-bond donors (Lipinski definition) is 2. The van der Waals surface area contributed by atoms with Crippen LogP contribution in [0.25, 0.3) is 0 Å². The number of amides is 2. The smallest absolute Gasteiger partial charge is 0.255 e. The van der Waals surface area contributed by atoms with Gasteiger partial charge in [-0.3, -0.25) is 9.59 Å². The summed E-state index contributed by atoms with van der Waals surface area (Å²) in [6, 6.07) is 23.1. The van der Waals surface area contributed by atoms with Crippen molar-refractivity contribution < 1.29 is 14.3 Å². The summed E-state index contributed by atoms with van der Waals surface area (Å²) in [6.45, 7) is 4.95. The Morgan fingerprint density at radius 2 is 1.40 bits per heavy atom. The lowest BCUT2D eigenvalue weighted by Crippen LogP contribution is -2.14. The van der Waals surface area contributed by atoms with Crippen molar-refractivity contribution in [2.45, 2.75) is 20.3 Å². The fraction of sp³-hybridized carbons (Fsp3) is 0.200. The summed E-state index contributed by atoms with van der Waals surface area (Å²) >= 11 is 0. The average molecular weight is 402 g/mol. The van der Waals surface area contributed by atoms with E-state index < -0.39 is 0 Å². The molecule has 2 N–H and O–H groups in total. The third kappa shape index (κ3) is 6.21. The molecule has 0 bridgehead atoms. The summed E-state index contributed by atoms with van der Waals surface area (Å²) in [4.78, 5) is 25.0. The third-order valence-corrected chi connectivity index (χ3v) is 4.49. The first-order valence-corrected chi connectivity index (χ1v) is 10.0. The van der Waals surface area contributed by atoms with Gasteiger partial charge in [0.05, 0.1) is 6.61 Å². The van der Waals surface area contributed by atoms with Gasteiger partial charge in [-0.2, -0.15) is 0 Å². The number of anilines is 2. The van der Waals surface area contributed by atoms with E-state index in [1.165, 1.54) is 0 Å². The Morgan fingerprint density at radius 3 is 2.10 bits per heavy atom. The van der Waals surface area contributed by atoms with E-state index in [0.717, 1.165) is 12.2 Å². The minimum absolute atomic E-state index is 0.236. The Kier molecular flexibility index (Phi) is 7.22. The van der Waals surface area contributed by atoms with Crippen molar-refractivity contribution in [1.82, 2.24) is 0 Å². The average Bonchev–Trinajstić information content (AvgIpc) is 2.75. The minimum Gasteiger partial charge on any atom is -0.494 e. The normalized spacial score (nSPS) is 10.5. The van der Waals surface area contributed by atoms with Gasteiger partial charge in [0.1, 0.15) is 5.75 Å². The largest absolute Gasteiger partial charge is 0.494 e. The highest BCUT2D eigenvalue weighted by atomic mass is 16.5. The Balaban J connectivity index is 1.60. The van der Waals surface area contributed by atoms with E-state index in [4.69, 9.17) is 4.74 Å². The molecule has 0 atom stereocenters. The molecule has 3 aromatic rings. The lowest BCUT2D eigenvalue weighted by molar-refractivity contribution is 0.101. The van der Waals surface area contributed by atoms with Gasteiger partial charge in [-0.15, -0.1) is 0 Å². The third-order valence-electron chi connectivity index (χ3n) is 4.49. The van der Waals surface area contributed by atoms with Gasteiger partial charge in [0.15, 0.2) is 0 Å². The van der Waals surface area contributed by atoms with Crippen molar-refractivity contribution in [2.24, 2.45) is 5.92 Å². The Labute approximate surface area is 177 Å². The minimum atomic E-state index is -0.246. The fourth-order valence-corrected chi connectivity index (χ4v) is 2.78. The van der Waals surface area contributed by atoms with E-state index in [1.54, 1.807) is 48.5 Å². The first kappa shape index (κ1) is 21.1. The van der Waals surface area contributed by atoms with Crippen LogP contribution in [0.3, 0.4) is 0 Å². The molecular weight excluding hydrogens is 376 g/mol. The molecule has 0 aromatic heterocycles. The van der Waals surface area contributed by atoms with Crippen LogP contribution in [0.1, 0.15) is 41.0 Å². The van der Waals surface area contributed by atoms with E-state index >= 15 is 0 Å². The Bertz CT molecular complexity index is 983. The first-order valence-electron chi connectivity index (χ1n) is 10.0. The number of para-hydroxylation sites is 1. The summed E-state index contributed by atoms with van der Waals surface area (Å²) < 4.78 is 5.68. The number of hydrogen-bond acceptors (Lipinski definition) is 3. The molecule has 5 nitrogen and oxygen atoms in total. The van der Waals surface area contributed by atoms with Crippen LogP contribution in [-0.4, -0.2) is 18.4 Å². The van der Waals surface area contributed by atoms with Crippen LogP contribution in [0.4, 0.5) is 11.4 Å². The molecule has 0 aliphatic rings. The van der Waals surface area contributed by atoms with E-state index in [2.05, 4.69) is 24.5 Å². The lowest BCUT2D eigenvalue weighted by Gasteiger charge is -2.10. The molecule has 3 rings (SSSR count). The highest BCUT2D eigenvalue weighted by Crippen LogP contribution is 2.17. The second kappa shape index (κ2) is 10.3. The molecule has 0 aliphatic carbocycles. The standard InChI is InChI=1S/C25H26N2O3/c1-18(2)15-16-30-23-13-11-19(12-14-23)24(28)27-22-10-6-7-20(17-22)25(29)26-21-8-4-3-5-9-21/h3-14,17-18H,15-16H2,1-2H3,(H,26,29)(H,27,28). The molecule has 0 radical (unpaired) electrons. The number of rotatable bonds is 8. The number of ether oxygens (including phenoxy) is 1. The van der Waals surface area contributed by atoms with Crippen LogP contribution in [0.15, 0.2) is 78.9 Å². The molecule has 154 valence electrons. The van der Waals surface area contributed by atoms with Crippen molar-refractivity contribution in [3.63, 3.8) is 0 Å². The summed E-state index contributed by atoms with van der Waals surface area (Å²) in [6.07, 6.45) is 0.983. The maximum absolute atomic E-state index is 12.5. The molecule has 0 spiro atoms. The second-order valence-corrected chi connectivity index (χ2v) is 7.41. The zero-order chi connectivity index (χ0) is 21.3. The van der Waals surface area contributed by atoms with Gasteiger partial charge in [0.25, 0.3) is 11.8 Å². The fourth-order valence-electron chi connectivity index (χ4n) is 2.78. The summed E-state index contributed by atoms with van der Waals surface area (Å²) in [7, 11) is 0. The molecule has 30 heavy (non-hydrogen) atoms. The van der Waals surface area contributed by atoms with Gasteiger partial charge in [0, 0.05) is 22.5 Å². The zero-order valence-corrected chi connectivity index (χ0v) is 17.2. The Hall–Kier alpha value is -3.60. The summed E-state index contributed by atoms with van der Waals surface area (Å²) in [5.74, 6) is 0.844. The van der Waals surface area contributed by atoms with Gasteiger partial charge in [-0.25, -0.2) is 0 Å². The van der Waals surface area contributed by atoms with Crippen molar-refractivity contribution >= 4 is 23.2 Å². The molecule has 0 fully saturated rings. The summed E-state index contributed by atoms with van der Waals surface area (Å²) in [5, 5.41) is 5.67. The van der Waals surface area contributed by atoms with E-state index in [9.17, 15) is 9.59 Å². The summed E-state index contributed by atoms with van der Waals surface area (Å²) in [5.41, 5.74) is 2.25. The molecule has 0 saturated carbocycles. The predicted octanol–water partition coefficient (Wildman–Crippen LogP) is 5.62. The van der Waals surface area contributed by atoms with Crippen LogP contribution in [-0.2, 0) is 0 Å². The molecule has 0 unspecified atom stereocenters. The monoisotopic (exact) mass is 402 g/mol. The maximum Gasteiger partial charge on any atom is 0.255 e. The van der Waals surface area contributed by atoms with Crippen molar-refractivity contribution in [1.29, 1.82) is 0 Å². The highest BCUT2D eigenvalue weighted by molar-refractivity contribution is 6.07. The van der Waals surface area contributed by atoms with Gasteiger partial charge >= 0.3 is 0 Å². The molecule has 0 saturated heterocycles. The van der Waals surface area contributed by atoms with Gasteiger partial charge in [-0.05, 0) is 66.9 Å². The van der Waals surface area contributed by atoms with Crippen molar-refractivity contribution in [3.8, 4) is 5.75 Å². The molecule has 5 heteroatoms. The van der Waals surface area contributed by atoms with Crippen LogP contribution in [0, 0.1) is 5.92 Å². The number of nitrogens with one attached hydrogen (secondary N) is 2. The van der Waals surface area contributed by atoms with Crippen LogP contribution in [0.2, 0.25) is 0 Å². The molecule has 2 amide bonds. The molecular formula is C25H26N2O3. The topological polar surface area (TPSA) is 67.4 Å². The highest BCUT2D eigenvalue weighted by Gasteiger charge is 2.10. The SMILES string of the molecule is CC(C)CCOc1ccc(C(=O)Nc2cccc(C(=O)Nc3ccccc3)c2)cc1.